The fourth-order valence-electron chi connectivity index (χ4n) is 5.05. The zero-order chi connectivity index (χ0) is 16.3. The van der Waals surface area contributed by atoms with E-state index in [1.807, 2.05) is 4.90 Å². The van der Waals surface area contributed by atoms with Crippen LogP contribution in [0.25, 0.3) is 0 Å². The Kier molecular flexibility index (Phi) is 5.27. The summed E-state index contributed by atoms with van der Waals surface area (Å²) in [6.07, 6.45) is 13.4. The summed E-state index contributed by atoms with van der Waals surface area (Å²) in [5.74, 6) is 0.273. The molecule has 0 aromatic heterocycles. The van der Waals surface area contributed by atoms with Crippen molar-refractivity contribution in [2.75, 3.05) is 19.6 Å². The van der Waals surface area contributed by atoms with Crippen molar-refractivity contribution < 1.29 is 9.59 Å². The van der Waals surface area contributed by atoms with Crippen molar-refractivity contribution in [3.8, 4) is 0 Å². The second kappa shape index (κ2) is 7.23. The van der Waals surface area contributed by atoms with Crippen molar-refractivity contribution >= 4 is 11.8 Å². The van der Waals surface area contributed by atoms with E-state index in [0.29, 0.717) is 5.41 Å². The highest BCUT2D eigenvalue weighted by Crippen LogP contribution is 2.44. The van der Waals surface area contributed by atoms with Crippen molar-refractivity contribution in [1.82, 2.24) is 9.80 Å². The highest BCUT2D eigenvalue weighted by atomic mass is 16.2. The molecule has 130 valence electrons. The molecule has 2 amide bonds. The summed E-state index contributed by atoms with van der Waals surface area (Å²) >= 11 is 0. The van der Waals surface area contributed by atoms with Crippen LogP contribution in [-0.4, -0.2) is 47.3 Å². The molecule has 2 aliphatic heterocycles. The van der Waals surface area contributed by atoms with E-state index in [0.717, 1.165) is 45.3 Å². The molecule has 0 N–H and O–H groups in total. The fraction of sp³-hybridized carbons (Fsp3) is 0.895. The van der Waals surface area contributed by atoms with Crippen molar-refractivity contribution in [2.45, 2.75) is 83.6 Å². The lowest BCUT2D eigenvalue weighted by atomic mass is 9.69. The second-order valence-corrected chi connectivity index (χ2v) is 7.96. The molecule has 4 nitrogen and oxygen atoms in total. The minimum Gasteiger partial charge on any atom is -0.341 e. The van der Waals surface area contributed by atoms with Crippen LogP contribution in [0.3, 0.4) is 0 Å². The van der Waals surface area contributed by atoms with Gasteiger partial charge in [-0.2, -0.15) is 0 Å². The molecule has 0 bridgehead atoms. The third kappa shape index (κ3) is 3.72. The molecule has 3 fully saturated rings. The zero-order valence-electron chi connectivity index (χ0n) is 14.7. The molecule has 1 saturated carbocycles. The number of carbonyl (C=O) groups is 2. The Labute approximate surface area is 140 Å². The van der Waals surface area contributed by atoms with Gasteiger partial charge in [0, 0.05) is 26.6 Å². The Morgan fingerprint density at radius 1 is 0.826 bits per heavy atom. The summed E-state index contributed by atoms with van der Waals surface area (Å²) in [4.78, 5) is 28.8. The first-order valence-corrected chi connectivity index (χ1v) is 9.67. The predicted molar refractivity (Wildman–Crippen MR) is 91.0 cm³/mol. The predicted octanol–water partition coefficient (Wildman–Crippen LogP) is 3.35. The van der Waals surface area contributed by atoms with Gasteiger partial charge in [-0.1, -0.05) is 19.3 Å². The molecule has 1 aliphatic carbocycles. The van der Waals surface area contributed by atoms with Gasteiger partial charge in [0.05, 0.1) is 0 Å². The van der Waals surface area contributed by atoms with E-state index in [2.05, 4.69) is 4.90 Å². The summed E-state index contributed by atoms with van der Waals surface area (Å²) in [7, 11) is 0. The van der Waals surface area contributed by atoms with Gasteiger partial charge in [0.1, 0.15) is 6.04 Å². The van der Waals surface area contributed by atoms with Crippen molar-refractivity contribution in [3.05, 3.63) is 0 Å². The average Bonchev–Trinajstić information content (AvgIpc) is 2.78. The Bertz CT molecular complexity index is 443. The van der Waals surface area contributed by atoms with E-state index >= 15 is 0 Å². The van der Waals surface area contributed by atoms with Gasteiger partial charge in [-0.05, 0) is 56.8 Å². The number of hydrogen-bond donors (Lipinski definition) is 0. The molecule has 23 heavy (non-hydrogen) atoms. The summed E-state index contributed by atoms with van der Waals surface area (Å²) in [5.41, 5.74) is 0.514. The quantitative estimate of drug-likeness (QED) is 0.743. The number of nitrogens with zero attached hydrogens (tertiary/aromatic N) is 2. The molecule has 3 rings (SSSR count). The fourth-order valence-corrected chi connectivity index (χ4v) is 5.05. The molecule has 1 spiro atoms. The van der Waals surface area contributed by atoms with Gasteiger partial charge >= 0.3 is 0 Å². The van der Waals surface area contributed by atoms with Crippen molar-refractivity contribution in [2.24, 2.45) is 5.41 Å². The molecule has 0 radical (unpaired) electrons. The molecule has 1 unspecified atom stereocenters. The lowest BCUT2D eigenvalue weighted by Gasteiger charge is -2.38. The summed E-state index contributed by atoms with van der Waals surface area (Å²) < 4.78 is 0. The standard InChI is InChI=1S/C19H32N2O2/c1-16(22)21-14-6-3-8-17(21)18(23)20-13-7-11-19(12-15-20)9-4-2-5-10-19/h17H,2-15H2,1H3. The topological polar surface area (TPSA) is 40.6 Å². The normalized spacial score (nSPS) is 28.5. The Hall–Kier alpha value is -1.06. The maximum absolute atomic E-state index is 13.0. The number of amides is 2. The third-order valence-electron chi connectivity index (χ3n) is 6.47. The van der Waals surface area contributed by atoms with Crippen LogP contribution in [0.4, 0.5) is 0 Å². The van der Waals surface area contributed by atoms with Gasteiger partial charge < -0.3 is 9.80 Å². The van der Waals surface area contributed by atoms with Gasteiger partial charge in [-0.3, -0.25) is 9.59 Å². The van der Waals surface area contributed by atoms with Gasteiger partial charge in [-0.25, -0.2) is 0 Å². The molecule has 3 aliphatic rings. The van der Waals surface area contributed by atoms with E-state index in [1.165, 1.54) is 44.9 Å². The van der Waals surface area contributed by atoms with Gasteiger partial charge in [0.15, 0.2) is 0 Å². The third-order valence-corrected chi connectivity index (χ3v) is 6.47. The number of likely N-dealkylation sites (tertiary alicyclic amines) is 2. The van der Waals surface area contributed by atoms with Crippen LogP contribution < -0.4 is 0 Å². The van der Waals surface area contributed by atoms with E-state index in [4.69, 9.17) is 0 Å². The van der Waals surface area contributed by atoms with Crippen LogP contribution in [0, 0.1) is 5.41 Å². The minimum absolute atomic E-state index is 0.0571. The molecule has 2 heterocycles. The molecule has 2 saturated heterocycles. The highest BCUT2D eigenvalue weighted by molar-refractivity contribution is 5.87. The first-order chi connectivity index (χ1) is 11.1. The first-order valence-electron chi connectivity index (χ1n) is 9.67. The van der Waals surface area contributed by atoms with Crippen LogP contribution in [-0.2, 0) is 9.59 Å². The van der Waals surface area contributed by atoms with E-state index < -0.39 is 0 Å². The summed E-state index contributed by atoms with van der Waals surface area (Å²) in [6.45, 7) is 4.15. The largest absolute Gasteiger partial charge is 0.341 e. The van der Waals surface area contributed by atoms with E-state index in [-0.39, 0.29) is 17.9 Å². The lowest BCUT2D eigenvalue weighted by molar-refractivity contribution is -0.146. The highest BCUT2D eigenvalue weighted by Gasteiger charge is 2.38. The zero-order valence-corrected chi connectivity index (χ0v) is 14.7. The van der Waals surface area contributed by atoms with Crippen LogP contribution >= 0.6 is 0 Å². The molecule has 4 heteroatoms. The monoisotopic (exact) mass is 320 g/mol. The van der Waals surface area contributed by atoms with Crippen LogP contribution in [0.15, 0.2) is 0 Å². The van der Waals surface area contributed by atoms with Crippen LogP contribution in [0.2, 0.25) is 0 Å². The van der Waals surface area contributed by atoms with E-state index in [1.54, 1.807) is 6.92 Å². The molecule has 0 aromatic rings. The molecule has 0 aromatic carbocycles. The Morgan fingerprint density at radius 3 is 2.30 bits per heavy atom. The minimum atomic E-state index is -0.193. The number of piperidine rings is 1. The first kappa shape index (κ1) is 16.8. The van der Waals surface area contributed by atoms with Gasteiger partial charge in [0.25, 0.3) is 0 Å². The molecular weight excluding hydrogens is 288 g/mol. The average molecular weight is 320 g/mol. The number of hydrogen-bond acceptors (Lipinski definition) is 2. The smallest absolute Gasteiger partial charge is 0.245 e. The summed E-state index contributed by atoms with van der Waals surface area (Å²) in [6, 6.07) is -0.193. The van der Waals surface area contributed by atoms with Gasteiger partial charge in [-0.15, -0.1) is 0 Å². The van der Waals surface area contributed by atoms with Crippen LogP contribution in [0.1, 0.15) is 77.6 Å². The summed E-state index contributed by atoms with van der Waals surface area (Å²) in [5, 5.41) is 0. The molecular formula is C19H32N2O2. The van der Waals surface area contributed by atoms with Crippen molar-refractivity contribution in [1.29, 1.82) is 0 Å². The lowest BCUT2D eigenvalue weighted by Crippen LogP contribution is -2.52. The Balaban J connectivity index is 1.64. The SMILES string of the molecule is CC(=O)N1CCCCC1C(=O)N1CCCC2(CCCCC2)CC1. The molecule has 1 atom stereocenters. The number of carbonyl (C=O) groups excluding carboxylic acids is 2. The Morgan fingerprint density at radius 2 is 1.57 bits per heavy atom. The maximum Gasteiger partial charge on any atom is 0.245 e. The van der Waals surface area contributed by atoms with Crippen molar-refractivity contribution in [3.63, 3.8) is 0 Å². The van der Waals surface area contributed by atoms with E-state index in [9.17, 15) is 9.59 Å². The number of rotatable bonds is 1. The maximum atomic E-state index is 13.0. The van der Waals surface area contributed by atoms with Gasteiger partial charge in [0.2, 0.25) is 11.8 Å². The second-order valence-electron chi connectivity index (χ2n) is 7.96. The van der Waals surface area contributed by atoms with Crippen LogP contribution in [0.5, 0.6) is 0 Å².